The number of benzene rings is 1. The molecule has 12 heteroatoms. The van der Waals surface area contributed by atoms with Crippen LogP contribution < -0.4 is 11.0 Å². The fourth-order valence-electron chi connectivity index (χ4n) is 4.26. The van der Waals surface area contributed by atoms with Crippen LogP contribution in [0.25, 0.3) is 22.6 Å². The van der Waals surface area contributed by atoms with Crippen LogP contribution in [0.15, 0.2) is 66.0 Å². The average molecular weight is 531 g/mol. The van der Waals surface area contributed by atoms with Crippen LogP contribution in [0.2, 0.25) is 0 Å². The number of aryl methyl sites for hydroxylation is 1. The van der Waals surface area contributed by atoms with Gasteiger partial charge in [-0.15, -0.1) is 10.2 Å². The number of pyridine rings is 2. The van der Waals surface area contributed by atoms with E-state index in [9.17, 15) is 9.59 Å². The van der Waals surface area contributed by atoms with Crippen molar-refractivity contribution in [3.05, 3.63) is 88.6 Å². The van der Waals surface area contributed by atoms with Crippen molar-refractivity contribution in [3.63, 3.8) is 0 Å². The van der Waals surface area contributed by atoms with E-state index < -0.39 is 11.7 Å². The molecule has 0 fully saturated rings. The van der Waals surface area contributed by atoms with Crippen LogP contribution in [-0.4, -0.2) is 46.4 Å². The maximum Gasteiger partial charge on any atom is 0.328 e. The summed E-state index contributed by atoms with van der Waals surface area (Å²) in [4.78, 5) is 34.5. The molecule has 0 aliphatic carbocycles. The van der Waals surface area contributed by atoms with Crippen molar-refractivity contribution in [1.29, 1.82) is 0 Å². The van der Waals surface area contributed by atoms with Crippen molar-refractivity contribution in [1.82, 2.24) is 33.9 Å². The molecule has 4 aromatic heterocycles. The lowest BCUT2D eigenvalue weighted by Gasteiger charge is -2.11. The molecule has 1 aromatic carbocycles. The Morgan fingerprint density at radius 3 is 2.77 bits per heavy atom. The topological polar surface area (TPSA) is 122 Å². The lowest BCUT2D eigenvalue weighted by molar-refractivity contribution is 0.102. The molecule has 1 N–H and O–H groups in total. The zero-order valence-corrected chi connectivity index (χ0v) is 21.7. The first-order valence-electron chi connectivity index (χ1n) is 12.4. The molecule has 0 spiro atoms. The maximum atomic E-state index is 15.1. The minimum Gasteiger partial charge on any atom is -0.375 e. The fraction of sp³-hybridized carbons (Fsp3) is 0.259. The van der Waals surface area contributed by atoms with Crippen molar-refractivity contribution in [2.24, 2.45) is 7.05 Å². The Hall–Kier alpha value is -4.71. The standard InChI is InChI=1S/C27H27FN8O3/c1-17(2)36-16-30-33-25(36)21-7-4-8-24(31-21)32-26(37)19-12-23-22(13-20(19)28)34(3)27(38)35(23)10-11-39-15-18-6-5-9-29-14-18/h4-9,12-14,16-17H,10-11,15H2,1-3H3,(H,31,32,37). The number of nitrogens with one attached hydrogen (secondary N) is 1. The number of hydrogen-bond acceptors (Lipinski definition) is 7. The molecule has 39 heavy (non-hydrogen) atoms. The number of ether oxygens (including phenoxy) is 1. The largest absolute Gasteiger partial charge is 0.375 e. The number of anilines is 1. The number of fused-ring (bicyclic) bond motifs is 1. The Morgan fingerprint density at radius 1 is 1.15 bits per heavy atom. The number of imidazole rings is 1. The van der Waals surface area contributed by atoms with Gasteiger partial charge in [-0.05, 0) is 43.7 Å². The Balaban J connectivity index is 1.37. The molecule has 11 nitrogen and oxygen atoms in total. The molecule has 0 bridgehead atoms. The van der Waals surface area contributed by atoms with Crippen LogP contribution in [0.5, 0.6) is 0 Å². The van der Waals surface area contributed by atoms with Crippen LogP contribution in [0.1, 0.15) is 35.8 Å². The molecule has 0 saturated heterocycles. The van der Waals surface area contributed by atoms with Crippen molar-refractivity contribution < 1.29 is 13.9 Å². The van der Waals surface area contributed by atoms with Gasteiger partial charge in [-0.1, -0.05) is 12.1 Å². The molecule has 5 rings (SSSR count). The fourth-order valence-corrected chi connectivity index (χ4v) is 4.26. The van der Waals surface area contributed by atoms with Crippen LogP contribution in [0.3, 0.4) is 0 Å². The number of amides is 1. The van der Waals surface area contributed by atoms with E-state index in [1.54, 1.807) is 44.0 Å². The number of hydrogen-bond donors (Lipinski definition) is 1. The van der Waals surface area contributed by atoms with E-state index in [0.717, 1.165) is 5.56 Å². The molecule has 0 aliphatic rings. The Bertz CT molecular complexity index is 1690. The van der Waals surface area contributed by atoms with E-state index in [4.69, 9.17) is 4.74 Å². The summed E-state index contributed by atoms with van der Waals surface area (Å²) in [5.74, 6) is -0.673. The highest BCUT2D eigenvalue weighted by molar-refractivity contribution is 6.05. The summed E-state index contributed by atoms with van der Waals surface area (Å²) in [6.07, 6.45) is 5.00. The minimum atomic E-state index is -0.753. The maximum absolute atomic E-state index is 15.1. The summed E-state index contributed by atoms with van der Waals surface area (Å²) in [6, 6.07) is 11.5. The molecule has 4 heterocycles. The zero-order chi connectivity index (χ0) is 27.5. The van der Waals surface area contributed by atoms with Gasteiger partial charge < -0.3 is 14.6 Å². The number of nitrogens with zero attached hydrogens (tertiary/aromatic N) is 7. The smallest absolute Gasteiger partial charge is 0.328 e. The number of halogens is 1. The number of carbonyl (C=O) groups is 1. The van der Waals surface area contributed by atoms with Gasteiger partial charge in [0.2, 0.25) is 0 Å². The second-order valence-corrected chi connectivity index (χ2v) is 9.25. The lowest BCUT2D eigenvalue weighted by atomic mass is 10.1. The normalized spacial score (nSPS) is 11.4. The summed E-state index contributed by atoms with van der Waals surface area (Å²) in [5, 5.41) is 10.7. The molecule has 0 unspecified atom stereocenters. The summed E-state index contributed by atoms with van der Waals surface area (Å²) in [7, 11) is 1.56. The highest BCUT2D eigenvalue weighted by Crippen LogP contribution is 2.22. The summed E-state index contributed by atoms with van der Waals surface area (Å²) in [5.41, 5.74) is 1.66. The molecular weight excluding hydrogens is 503 g/mol. The Morgan fingerprint density at radius 2 is 2.00 bits per heavy atom. The minimum absolute atomic E-state index is 0.111. The van der Waals surface area contributed by atoms with Crippen molar-refractivity contribution >= 4 is 22.8 Å². The quantitative estimate of drug-likeness (QED) is 0.289. The predicted octanol–water partition coefficient (Wildman–Crippen LogP) is 3.58. The third-order valence-corrected chi connectivity index (χ3v) is 6.28. The second kappa shape index (κ2) is 11.0. The van der Waals surface area contributed by atoms with Gasteiger partial charge in [0.1, 0.15) is 23.7 Å². The van der Waals surface area contributed by atoms with E-state index in [1.807, 2.05) is 30.5 Å². The third kappa shape index (κ3) is 5.32. The molecule has 1 amide bonds. The van der Waals surface area contributed by atoms with E-state index >= 15 is 4.39 Å². The van der Waals surface area contributed by atoms with Crippen LogP contribution >= 0.6 is 0 Å². The second-order valence-electron chi connectivity index (χ2n) is 9.25. The van der Waals surface area contributed by atoms with Gasteiger partial charge in [-0.25, -0.2) is 14.2 Å². The SMILES string of the molecule is CC(C)n1cnnc1-c1cccc(NC(=O)c2cc3c(cc2F)n(C)c(=O)n3CCOCc2cccnc2)n1. The van der Waals surface area contributed by atoms with E-state index in [-0.39, 0.29) is 36.3 Å². The highest BCUT2D eigenvalue weighted by atomic mass is 19.1. The molecule has 0 aliphatic heterocycles. The Kier molecular flexibility index (Phi) is 7.28. The summed E-state index contributed by atoms with van der Waals surface area (Å²) >= 11 is 0. The van der Waals surface area contributed by atoms with E-state index in [2.05, 4.69) is 25.5 Å². The number of carbonyl (C=O) groups excluding carboxylic acids is 1. The van der Waals surface area contributed by atoms with Crippen LogP contribution in [0, 0.1) is 5.82 Å². The van der Waals surface area contributed by atoms with Crippen molar-refractivity contribution in [2.75, 3.05) is 11.9 Å². The summed E-state index contributed by atoms with van der Waals surface area (Å²) in [6.45, 7) is 4.80. The van der Waals surface area contributed by atoms with E-state index in [0.29, 0.717) is 29.2 Å². The van der Waals surface area contributed by atoms with Gasteiger partial charge in [0, 0.05) is 31.5 Å². The first-order valence-corrected chi connectivity index (χ1v) is 12.4. The van der Waals surface area contributed by atoms with Gasteiger partial charge in [0.15, 0.2) is 5.82 Å². The zero-order valence-electron chi connectivity index (χ0n) is 21.7. The van der Waals surface area contributed by atoms with Gasteiger partial charge in [0.05, 0.1) is 36.4 Å². The monoisotopic (exact) mass is 530 g/mol. The number of aromatic nitrogens is 7. The van der Waals surface area contributed by atoms with Crippen molar-refractivity contribution in [3.8, 4) is 11.5 Å². The van der Waals surface area contributed by atoms with Gasteiger partial charge in [-0.2, -0.15) is 0 Å². The molecule has 0 radical (unpaired) electrons. The van der Waals surface area contributed by atoms with E-state index in [1.165, 1.54) is 21.3 Å². The highest BCUT2D eigenvalue weighted by Gasteiger charge is 2.20. The van der Waals surface area contributed by atoms with Crippen LogP contribution in [0.4, 0.5) is 10.2 Å². The Labute approximate surface area is 222 Å². The molecule has 0 saturated carbocycles. The van der Waals surface area contributed by atoms with Crippen molar-refractivity contribution in [2.45, 2.75) is 33.0 Å². The molecule has 200 valence electrons. The first-order chi connectivity index (χ1) is 18.8. The average Bonchev–Trinajstić information content (AvgIpc) is 3.51. The molecule has 0 atom stereocenters. The first kappa shape index (κ1) is 25.9. The van der Waals surface area contributed by atoms with Crippen LogP contribution in [-0.2, 0) is 24.9 Å². The lowest BCUT2D eigenvalue weighted by Crippen LogP contribution is -2.24. The van der Waals surface area contributed by atoms with Gasteiger partial charge >= 0.3 is 5.69 Å². The van der Waals surface area contributed by atoms with Gasteiger partial charge in [-0.3, -0.25) is 18.9 Å². The predicted molar refractivity (Wildman–Crippen MR) is 143 cm³/mol. The van der Waals surface area contributed by atoms with Gasteiger partial charge in [0.25, 0.3) is 5.91 Å². The molecular formula is C27H27FN8O3. The summed E-state index contributed by atoms with van der Waals surface area (Å²) < 4.78 is 25.4. The number of rotatable bonds is 9. The molecule has 5 aromatic rings. The third-order valence-electron chi connectivity index (χ3n) is 6.28.